The SMILES string of the molecule is N#Cc1ccccc1-c1cc(-c2cnnc(-c3ccccc3)n2)ccc1F. The molecule has 0 unspecified atom stereocenters. The molecule has 4 nitrogen and oxygen atoms in total. The minimum absolute atomic E-state index is 0.351. The van der Waals surface area contributed by atoms with Gasteiger partial charge in [-0.3, -0.25) is 0 Å². The molecule has 1 heterocycles. The maximum atomic E-state index is 14.5. The molecule has 0 saturated heterocycles. The summed E-state index contributed by atoms with van der Waals surface area (Å²) in [4.78, 5) is 4.56. The van der Waals surface area contributed by atoms with Gasteiger partial charge in [-0.15, -0.1) is 5.10 Å². The summed E-state index contributed by atoms with van der Waals surface area (Å²) in [6.45, 7) is 0. The number of halogens is 1. The minimum Gasteiger partial charge on any atom is -0.225 e. The Morgan fingerprint density at radius 1 is 0.815 bits per heavy atom. The highest BCUT2D eigenvalue weighted by molar-refractivity contribution is 5.76. The van der Waals surface area contributed by atoms with Crippen LogP contribution < -0.4 is 0 Å². The zero-order valence-corrected chi connectivity index (χ0v) is 14.2. The highest BCUT2D eigenvalue weighted by Crippen LogP contribution is 2.30. The van der Waals surface area contributed by atoms with Crippen LogP contribution in [0.3, 0.4) is 0 Å². The summed E-state index contributed by atoms with van der Waals surface area (Å²) in [6.07, 6.45) is 1.54. The fourth-order valence-corrected chi connectivity index (χ4v) is 2.86. The Morgan fingerprint density at radius 2 is 1.59 bits per heavy atom. The van der Waals surface area contributed by atoms with E-state index in [1.165, 1.54) is 6.07 Å². The second-order valence-electron chi connectivity index (χ2n) is 5.88. The summed E-state index contributed by atoms with van der Waals surface area (Å²) in [7, 11) is 0. The summed E-state index contributed by atoms with van der Waals surface area (Å²) in [5, 5.41) is 17.4. The lowest BCUT2D eigenvalue weighted by Crippen LogP contribution is -1.96. The van der Waals surface area contributed by atoms with Crippen molar-refractivity contribution in [2.45, 2.75) is 0 Å². The van der Waals surface area contributed by atoms with Crippen LogP contribution in [0.25, 0.3) is 33.8 Å². The number of benzene rings is 3. The molecule has 0 amide bonds. The fraction of sp³-hybridized carbons (Fsp3) is 0. The van der Waals surface area contributed by atoms with E-state index in [1.807, 2.05) is 30.3 Å². The maximum absolute atomic E-state index is 14.5. The Labute approximate surface area is 155 Å². The zero-order valence-electron chi connectivity index (χ0n) is 14.2. The average Bonchev–Trinajstić information content (AvgIpc) is 2.75. The molecule has 128 valence electrons. The van der Waals surface area contributed by atoms with Crippen molar-refractivity contribution in [2.24, 2.45) is 0 Å². The van der Waals surface area contributed by atoms with Crippen molar-refractivity contribution in [3.8, 4) is 39.8 Å². The summed E-state index contributed by atoms with van der Waals surface area (Å²) < 4.78 is 14.5. The topological polar surface area (TPSA) is 62.5 Å². The summed E-state index contributed by atoms with van der Waals surface area (Å²) in [5.41, 5.74) is 3.45. The Bertz CT molecular complexity index is 1150. The van der Waals surface area contributed by atoms with E-state index in [-0.39, 0.29) is 0 Å². The lowest BCUT2D eigenvalue weighted by atomic mass is 9.97. The molecule has 1 aromatic heterocycles. The predicted octanol–water partition coefficient (Wildman–Crippen LogP) is 4.88. The van der Waals surface area contributed by atoms with Crippen LogP contribution >= 0.6 is 0 Å². The van der Waals surface area contributed by atoms with Gasteiger partial charge in [0.2, 0.25) is 0 Å². The molecule has 5 heteroatoms. The van der Waals surface area contributed by atoms with Crippen molar-refractivity contribution in [1.82, 2.24) is 15.2 Å². The Morgan fingerprint density at radius 3 is 2.41 bits per heavy atom. The third kappa shape index (κ3) is 3.29. The van der Waals surface area contributed by atoms with Gasteiger partial charge in [-0.25, -0.2) is 9.37 Å². The van der Waals surface area contributed by atoms with E-state index >= 15 is 0 Å². The van der Waals surface area contributed by atoms with Gasteiger partial charge in [-0.05, 0) is 24.3 Å². The molecule has 4 rings (SSSR count). The van der Waals surface area contributed by atoms with E-state index in [1.54, 1.807) is 42.6 Å². The quantitative estimate of drug-likeness (QED) is 0.527. The summed E-state index contributed by atoms with van der Waals surface area (Å²) in [5.74, 6) is 0.100. The van der Waals surface area contributed by atoms with Crippen LogP contribution in [0, 0.1) is 17.1 Å². The van der Waals surface area contributed by atoms with Crippen molar-refractivity contribution < 1.29 is 4.39 Å². The molecule has 27 heavy (non-hydrogen) atoms. The monoisotopic (exact) mass is 352 g/mol. The third-order valence-electron chi connectivity index (χ3n) is 4.19. The van der Waals surface area contributed by atoms with Gasteiger partial charge >= 0.3 is 0 Å². The van der Waals surface area contributed by atoms with Gasteiger partial charge in [0.05, 0.1) is 23.5 Å². The van der Waals surface area contributed by atoms with Crippen LogP contribution in [0.15, 0.2) is 79.0 Å². The largest absolute Gasteiger partial charge is 0.225 e. The lowest BCUT2D eigenvalue weighted by Gasteiger charge is -2.09. The first kappa shape index (κ1) is 16.6. The van der Waals surface area contributed by atoms with Crippen molar-refractivity contribution in [3.05, 3.63) is 90.4 Å². The summed E-state index contributed by atoms with van der Waals surface area (Å²) >= 11 is 0. The smallest absolute Gasteiger partial charge is 0.182 e. The standard InChI is InChI=1S/C22H13FN4/c23-20-11-10-16(12-19(20)18-9-5-4-8-17(18)13-24)21-14-25-27-22(26-21)15-6-2-1-3-7-15/h1-12,14H. The van der Waals surface area contributed by atoms with Gasteiger partial charge in [0.25, 0.3) is 0 Å². The van der Waals surface area contributed by atoms with Crippen LogP contribution in [0.1, 0.15) is 5.56 Å². The van der Waals surface area contributed by atoms with Gasteiger partial charge in [-0.1, -0.05) is 48.5 Å². The number of hydrogen-bond acceptors (Lipinski definition) is 4. The van der Waals surface area contributed by atoms with Crippen LogP contribution in [0.5, 0.6) is 0 Å². The number of aromatic nitrogens is 3. The summed E-state index contributed by atoms with van der Waals surface area (Å²) in [6, 6.07) is 23.3. The molecular weight excluding hydrogens is 339 g/mol. The molecule has 0 radical (unpaired) electrons. The van der Waals surface area contributed by atoms with Gasteiger partial charge in [0.15, 0.2) is 5.82 Å². The lowest BCUT2D eigenvalue weighted by molar-refractivity contribution is 0.631. The number of hydrogen-bond donors (Lipinski definition) is 0. The predicted molar refractivity (Wildman–Crippen MR) is 101 cm³/mol. The number of nitrogens with zero attached hydrogens (tertiary/aromatic N) is 4. The van der Waals surface area contributed by atoms with Crippen molar-refractivity contribution >= 4 is 0 Å². The molecule has 3 aromatic carbocycles. The molecule has 0 atom stereocenters. The third-order valence-corrected chi connectivity index (χ3v) is 4.19. The fourth-order valence-electron chi connectivity index (χ4n) is 2.86. The first-order valence-electron chi connectivity index (χ1n) is 8.31. The molecule has 0 aliphatic heterocycles. The Hall–Kier alpha value is -3.91. The van der Waals surface area contributed by atoms with Gasteiger partial charge in [-0.2, -0.15) is 10.4 Å². The Balaban J connectivity index is 1.82. The van der Waals surface area contributed by atoms with E-state index in [2.05, 4.69) is 21.3 Å². The molecule has 0 N–H and O–H groups in total. The van der Waals surface area contributed by atoms with E-state index < -0.39 is 5.82 Å². The first-order chi connectivity index (χ1) is 13.3. The van der Waals surface area contributed by atoms with Crippen LogP contribution in [-0.4, -0.2) is 15.2 Å². The van der Waals surface area contributed by atoms with Crippen molar-refractivity contribution in [1.29, 1.82) is 5.26 Å². The van der Waals surface area contributed by atoms with E-state index in [9.17, 15) is 9.65 Å². The molecule has 0 saturated carbocycles. The van der Waals surface area contributed by atoms with Gasteiger partial charge in [0.1, 0.15) is 5.82 Å². The van der Waals surface area contributed by atoms with Gasteiger partial charge < -0.3 is 0 Å². The zero-order chi connectivity index (χ0) is 18.6. The molecular formula is C22H13FN4. The maximum Gasteiger partial charge on any atom is 0.182 e. The average molecular weight is 352 g/mol. The minimum atomic E-state index is -0.397. The molecule has 0 spiro atoms. The van der Waals surface area contributed by atoms with Crippen LogP contribution in [-0.2, 0) is 0 Å². The molecule has 0 aliphatic rings. The van der Waals surface area contributed by atoms with Crippen molar-refractivity contribution in [3.63, 3.8) is 0 Å². The van der Waals surface area contributed by atoms with E-state index in [0.29, 0.717) is 33.8 Å². The normalized spacial score (nSPS) is 10.4. The molecule has 4 aromatic rings. The second kappa shape index (κ2) is 7.14. The van der Waals surface area contributed by atoms with Crippen LogP contribution in [0.4, 0.5) is 4.39 Å². The van der Waals surface area contributed by atoms with Gasteiger partial charge in [0, 0.05) is 22.3 Å². The number of rotatable bonds is 3. The molecule has 0 aliphatic carbocycles. The highest BCUT2D eigenvalue weighted by Gasteiger charge is 2.13. The second-order valence-corrected chi connectivity index (χ2v) is 5.88. The van der Waals surface area contributed by atoms with E-state index in [0.717, 1.165) is 5.56 Å². The Kier molecular flexibility index (Phi) is 4.38. The number of nitriles is 1. The first-order valence-corrected chi connectivity index (χ1v) is 8.31. The van der Waals surface area contributed by atoms with Crippen molar-refractivity contribution in [2.75, 3.05) is 0 Å². The molecule has 0 fully saturated rings. The molecule has 0 bridgehead atoms. The highest BCUT2D eigenvalue weighted by atomic mass is 19.1. The van der Waals surface area contributed by atoms with Crippen LogP contribution in [0.2, 0.25) is 0 Å². The van der Waals surface area contributed by atoms with E-state index in [4.69, 9.17) is 0 Å².